The maximum Gasteiger partial charge on any atom is 0.315 e. The van der Waals surface area contributed by atoms with E-state index in [0.29, 0.717) is 6.54 Å². The molecule has 0 saturated carbocycles. The van der Waals surface area contributed by atoms with E-state index in [4.69, 9.17) is 0 Å². The number of carbonyl (C=O) groups is 1. The Morgan fingerprint density at radius 2 is 1.86 bits per heavy atom. The van der Waals surface area contributed by atoms with Crippen molar-refractivity contribution in [1.82, 2.24) is 20.2 Å². The van der Waals surface area contributed by atoms with Crippen molar-refractivity contribution in [2.45, 2.75) is 46.3 Å². The fourth-order valence-electron chi connectivity index (χ4n) is 3.16. The average molecular weight is 377 g/mol. The summed E-state index contributed by atoms with van der Waals surface area (Å²) in [5, 5.41) is 5.95. The van der Waals surface area contributed by atoms with Gasteiger partial charge in [0, 0.05) is 25.5 Å². The first-order valence-electron chi connectivity index (χ1n) is 9.74. The molecule has 5 heteroatoms. The lowest BCUT2D eigenvalue weighted by Crippen LogP contribution is -2.36. The van der Waals surface area contributed by atoms with E-state index in [2.05, 4.69) is 63.5 Å². The predicted octanol–water partition coefficient (Wildman–Crippen LogP) is 4.36. The third kappa shape index (κ3) is 5.22. The van der Waals surface area contributed by atoms with Crippen LogP contribution in [0, 0.1) is 6.92 Å². The zero-order valence-electron chi connectivity index (χ0n) is 16.8. The molecule has 0 fully saturated rings. The summed E-state index contributed by atoms with van der Waals surface area (Å²) in [6, 6.07) is 16.4. The minimum absolute atomic E-state index is 0.0403. The summed E-state index contributed by atoms with van der Waals surface area (Å²) >= 11 is 0. The molecule has 2 amide bonds. The zero-order chi connectivity index (χ0) is 19.9. The van der Waals surface area contributed by atoms with Crippen LogP contribution in [0.4, 0.5) is 4.79 Å². The van der Waals surface area contributed by atoms with Crippen LogP contribution >= 0.6 is 0 Å². The van der Waals surface area contributed by atoms with E-state index in [1.165, 1.54) is 11.1 Å². The molecule has 0 saturated heterocycles. The molecule has 5 nitrogen and oxygen atoms in total. The van der Waals surface area contributed by atoms with Crippen LogP contribution in [0.15, 0.2) is 60.9 Å². The number of urea groups is 1. The number of nitrogens with zero attached hydrogens (tertiary/aromatic N) is 2. The van der Waals surface area contributed by atoms with Gasteiger partial charge >= 0.3 is 6.03 Å². The number of nitrogens with one attached hydrogen (secondary N) is 2. The Labute approximate surface area is 166 Å². The number of imidazole rings is 1. The number of aromatic nitrogens is 2. The molecule has 1 aromatic heterocycles. The largest absolute Gasteiger partial charge is 0.334 e. The van der Waals surface area contributed by atoms with Crippen LogP contribution < -0.4 is 10.6 Å². The van der Waals surface area contributed by atoms with Gasteiger partial charge in [-0.15, -0.1) is 0 Å². The van der Waals surface area contributed by atoms with Crippen molar-refractivity contribution in [3.63, 3.8) is 0 Å². The van der Waals surface area contributed by atoms with Crippen molar-refractivity contribution < 1.29 is 4.79 Å². The average Bonchev–Trinajstić information content (AvgIpc) is 3.11. The quantitative estimate of drug-likeness (QED) is 0.643. The predicted molar refractivity (Wildman–Crippen MR) is 112 cm³/mol. The van der Waals surface area contributed by atoms with E-state index in [1.807, 2.05) is 38.4 Å². The Kier molecular flexibility index (Phi) is 6.48. The second-order valence-electron chi connectivity index (χ2n) is 7.07. The topological polar surface area (TPSA) is 59.0 Å². The maximum atomic E-state index is 12.3. The lowest BCUT2D eigenvalue weighted by molar-refractivity contribution is 0.237. The minimum atomic E-state index is -0.164. The number of amides is 2. The Morgan fingerprint density at radius 3 is 2.54 bits per heavy atom. The lowest BCUT2D eigenvalue weighted by atomic mass is 10.1. The van der Waals surface area contributed by atoms with Gasteiger partial charge in [0.05, 0.1) is 6.04 Å². The summed E-state index contributed by atoms with van der Waals surface area (Å²) < 4.78 is 2.10. The number of aryl methyl sites for hydroxylation is 2. The normalized spacial score (nSPS) is 11.8. The lowest BCUT2D eigenvalue weighted by Gasteiger charge is -2.16. The highest BCUT2D eigenvalue weighted by Crippen LogP contribution is 2.14. The number of carbonyl (C=O) groups excluding carboxylic acids is 1. The monoisotopic (exact) mass is 376 g/mol. The molecule has 1 atom stereocenters. The number of hydrogen-bond donors (Lipinski definition) is 2. The first-order valence-corrected chi connectivity index (χ1v) is 9.74. The van der Waals surface area contributed by atoms with Crippen molar-refractivity contribution in [3.8, 4) is 0 Å². The summed E-state index contributed by atoms with van der Waals surface area (Å²) in [6.07, 6.45) is 4.80. The molecule has 0 aliphatic rings. The summed E-state index contributed by atoms with van der Waals surface area (Å²) in [5.74, 6) is 0.990. The molecule has 28 heavy (non-hydrogen) atoms. The number of rotatable bonds is 7. The van der Waals surface area contributed by atoms with Gasteiger partial charge in [-0.3, -0.25) is 0 Å². The number of benzene rings is 2. The van der Waals surface area contributed by atoms with Crippen LogP contribution in [0.2, 0.25) is 0 Å². The van der Waals surface area contributed by atoms with E-state index in [1.54, 1.807) is 0 Å². The van der Waals surface area contributed by atoms with E-state index in [9.17, 15) is 4.79 Å². The van der Waals surface area contributed by atoms with Gasteiger partial charge in [0.1, 0.15) is 5.82 Å². The summed E-state index contributed by atoms with van der Waals surface area (Å²) in [5.41, 5.74) is 4.66. The SMILES string of the molecule is CCc1ccc(C(C)NC(=O)NCc2cccc(Cn3ccnc3C)c2)cc1. The molecule has 2 N–H and O–H groups in total. The highest BCUT2D eigenvalue weighted by molar-refractivity contribution is 5.74. The van der Waals surface area contributed by atoms with Gasteiger partial charge in [0.15, 0.2) is 0 Å². The van der Waals surface area contributed by atoms with Crippen LogP contribution in [-0.2, 0) is 19.5 Å². The van der Waals surface area contributed by atoms with Gasteiger partial charge in [0.2, 0.25) is 0 Å². The van der Waals surface area contributed by atoms with E-state index < -0.39 is 0 Å². The third-order valence-corrected chi connectivity index (χ3v) is 4.96. The molecule has 146 valence electrons. The van der Waals surface area contributed by atoms with Gasteiger partial charge in [-0.25, -0.2) is 9.78 Å². The van der Waals surface area contributed by atoms with Gasteiger partial charge in [0.25, 0.3) is 0 Å². The standard InChI is InChI=1S/C23H28N4O/c1-4-19-8-10-22(11-9-19)17(2)26-23(28)25-15-20-6-5-7-21(14-20)16-27-13-12-24-18(27)3/h5-14,17H,4,15-16H2,1-3H3,(H2,25,26,28). The molecule has 0 aliphatic carbocycles. The number of hydrogen-bond acceptors (Lipinski definition) is 2. The van der Waals surface area contributed by atoms with Crippen molar-refractivity contribution in [2.24, 2.45) is 0 Å². The fraction of sp³-hybridized carbons (Fsp3) is 0.304. The first kappa shape index (κ1) is 19.7. The van der Waals surface area contributed by atoms with Crippen LogP contribution in [0.1, 0.15) is 48.0 Å². The fourth-order valence-corrected chi connectivity index (χ4v) is 3.16. The molecule has 2 aromatic carbocycles. The van der Waals surface area contributed by atoms with Gasteiger partial charge in [-0.1, -0.05) is 55.5 Å². The van der Waals surface area contributed by atoms with E-state index in [0.717, 1.165) is 29.9 Å². The molecule has 0 bridgehead atoms. The van der Waals surface area contributed by atoms with Crippen LogP contribution in [0.5, 0.6) is 0 Å². The summed E-state index contributed by atoms with van der Waals surface area (Å²) in [4.78, 5) is 16.5. The second-order valence-corrected chi connectivity index (χ2v) is 7.07. The Morgan fingerprint density at radius 1 is 1.11 bits per heavy atom. The molecule has 0 spiro atoms. The molecule has 1 heterocycles. The van der Waals surface area contributed by atoms with Crippen LogP contribution in [0.25, 0.3) is 0 Å². The summed E-state index contributed by atoms with van der Waals surface area (Å²) in [7, 11) is 0. The molecule has 1 unspecified atom stereocenters. The molecule has 3 aromatic rings. The first-order chi connectivity index (χ1) is 13.5. The Balaban J connectivity index is 1.52. The molecule has 0 aliphatic heterocycles. The maximum absolute atomic E-state index is 12.3. The van der Waals surface area contributed by atoms with E-state index in [-0.39, 0.29) is 12.1 Å². The van der Waals surface area contributed by atoms with Crippen LogP contribution in [-0.4, -0.2) is 15.6 Å². The van der Waals surface area contributed by atoms with Gasteiger partial charge < -0.3 is 15.2 Å². The molecular weight excluding hydrogens is 348 g/mol. The van der Waals surface area contributed by atoms with Crippen molar-refractivity contribution in [2.75, 3.05) is 0 Å². The Bertz CT molecular complexity index is 914. The highest BCUT2D eigenvalue weighted by Gasteiger charge is 2.09. The highest BCUT2D eigenvalue weighted by atomic mass is 16.2. The molecule has 3 rings (SSSR count). The van der Waals surface area contributed by atoms with Gasteiger partial charge in [-0.2, -0.15) is 0 Å². The molecule has 0 radical (unpaired) electrons. The smallest absolute Gasteiger partial charge is 0.315 e. The minimum Gasteiger partial charge on any atom is -0.334 e. The van der Waals surface area contributed by atoms with Gasteiger partial charge in [-0.05, 0) is 42.5 Å². The van der Waals surface area contributed by atoms with E-state index >= 15 is 0 Å². The summed E-state index contributed by atoms with van der Waals surface area (Å²) in [6.45, 7) is 7.39. The van der Waals surface area contributed by atoms with Crippen molar-refractivity contribution in [3.05, 3.63) is 89.0 Å². The third-order valence-electron chi connectivity index (χ3n) is 4.96. The van der Waals surface area contributed by atoms with Crippen molar-refractivity contribution in [1.29, 1.82) is 0 Å². The van der Waals surface area contributed by atoms with Crippen molar-refractivity contribution >= 4 is 6.03 Å². The zero-order valence-corrected chi connectivity index (χ0v) is 16.8. The van der Waals surface area contributed by atoms with Crippen LogP contribution in [0.3, 0.4) is 0 Å². The Hall–Kier alpha value is -3.08. The molecular formula is C23H28N4O. The second kappa shape index (κ2) is 9.22.